The fourth-order valence-electron chi connectivity index (χ4n) is 0.729. The van der Waals surface area contributed by atoms with Gasteiger partial charge in [0.2, 0.25) is 22.0 Å². The average molecular weight is 228 g/mol. The Morgan fingerprint density at radius 1 is 1.13 bits per heavy atom. The third kappa shape index (κ3) is 3.43. The second-order valence-corrected chi connectivity index (χ2v) is 3.58. The van der Waals surface area contributed by atoms with Crippen LogP contribution in [0, 0.1) is 0 Å². The van der Waals surface area contributed by atoms with Gasteiger partial charge in [0.05, 0.1) is 0 Å². The molecule has 0 spiro atoms. The summed E-state index contributed by atoms with van der Waals surface area (Å²) in [7, 11) is 0. The fraction of sp³-hybridized carbons (Fsp3) is 0.286. The van der Waals surface area contributed by atoms with Gasteiger partial charge >= 0.3 is 0 Å². The van der Waals surface area contributed by atoms with Gasteiger partial charge in [0.25, 0.3) is 5.91 Å². The van der Waals surface area contributed by atoms with Gasteiger partial charge < -0.3 is 5.32 Å². The molecule has 0 radical (unpaired) electrons. The Balaban J connectivity index is 2.71. The van der Waals surface area contributed by atoms with Gasteiger partial charge in [-0.25, -0.2) is 0 Å². The number of anilines is 1. The molecule has 0 saturated heterocycles. The molecule has 3 amide bonds. The molecule has 0 aliphatic carbocycles. The third-order valence-electron chi connectivity index (χ3n) is 1.19. The molecule has 0 bridgehead atoms. The highest BCUT2D eigenvalue weighted by atomic mass is 32.1. The number of hydrogen-bond acceptors (Lipinski definition) is 6. The summed E-state index contributed by atoms with van der Waals surface area (Å²) < 4.78 is 0. The molecule has 0 aromatic carbocycles. The van der Waals surface area contributed by atoms with Crippen molar-refractivity contribution in [1.82, 2.24) is 15.5 Å². The van der Waals surface area contributed by atoms with E-state index in [1.54, 1.807) is 0 Å². The van der Waals surface area contributed by atoms with Crippen molar-refractivity contribution < 1.29 is 14.4 Å². The van der Waals surface area contributed by atoms with Crippen LogP contribution in [0.25, 0.3) is 0 Å². The molecule has 80 valence electrons. The molecule has 8 heteroatoms. The maximum atomic E-state index is 11.2. The minimum atomic E-state index is -0.628. The molecule has 0 fully saturated rings. The van der Waals surface area contributed by atoms with Crippen LogP contribution in [0.5, 0.6) is 0 Å². The summed E-state index contributed by atoms with van der Waals surface area (Å²) in [4.78, 5) is 32.4. The van der Waals surface area contributed by atoms with Crippen molar-refractivity contribution in [3.63, 3.8) is 0 Å². The van der Waals surface area contributed by atoms with E-state index in [0.717, 1.165) is 11.3 Å². The van der Waals surface area contributed by atoms with Gasteiger partial charge in [-0.1, -0.05) is 11.3 Å². The van der Waals surface area contributed by atoms with E-state index in [9.17, 15) is 14.4 Å². The van der Waals surface area contributed by atoms with Gasteiger partial charge in [0.15, 0.2) is 0 Å². The van der Waals surface area contributed by atoms with Gasteiger partial charge in [0.1, 0.15) is 0 Å². The number of imide groups is 1. The van der Waals surface area contributed by atoms with Crippen molar-refractivity contribution in [1.29, 1.82) is 0 Å². The van der Waals surface area contributed by atoms with Crippen molar-refractivity contribution in [3.8, 4) is 0 Å². The molecule has 0 saturated carbocycles. The highest BCUT2D eigenvalue weighted by Gasteiger charge is 2.14. The van der Waals surface area contributed by atoms with E-state index in [1.165, 1.54) is 13.8 Å². The van der Waals surface area contributed by atoms with Crippen molar-refractivity contribution in [2.75, 3.05) is 5.32 Å². The van der Waals surface area contributed by atoms with Gasteiger partial charge in [-0.05, 0) is 0 Å². The normalized spacial score (nSPS) is 9.47. The molecule has 0 atom stereocenters. The SMILES string of the molecule is CC(=O)NC(=O)c1nnc(NC(C)=O)s1. The van der Waals surface area contributed by atoms with Crippen molar-refractivity contribution >= 4 is 34.2 Å². The van der Waals surface area contributed by atoms with E-state index in [2.05, 4.69) is 15.5 Å². The Morgan fingerprint density at radius 3 is 2.33 bits per heavy atom. The summed E-state index contributed by atoms with van der Waals surface area (Å²) >= 11 is 0.893. The monoisotopic (exact) mass is 228 g/mol. The quantitative estimate of drug-likeness (QED) is 0.728. The number of amides is 3. The van der Waals surface area contributed by atoms with Crippen LogP contribution in [0.4, 0.5) is 5.13 Å². The lowest BCUT2D eigenvalue weighted by Gasteiger charge is -1.94. The second-order valence-electron chi connectivity index (χ2n) is 2.60. The first-order valence-electron chi connectivity index (χ1n) is 3.92. The lowest BCUT2D eigenvalue weighted by molar-refractivity contribution is -0.118. The first-order valence-corrected chi connectivity index (χ1v) is 4.73. The molecule has 1 heterocycles. The van der Waals surface area contributed by atoms with Crippen LogP contribution in [0.15, 0.2) is 0 Å². The van der Waals surface area contributed by atoms with E-state index < -0.39 is 11.8 Å². The maximum Gasteiger partial charge on any atom is 0.288 e. The summed E-state index contributed by atoms with van der Waals surface area (Å²) in [6.07, 6.45) is 0. The molecule has 1 rings (SSSR count). The Labute approximate surface area is 88.9 Å². The zero-order valence-electron chi connectivity index (χ0n) is 8.03. The van der Waals surface area contributed by atoms with Gasteiger partial charge in [-0.15, -0.1) is 10.2 Å². The highest BCUT2D eigenvalue weighted by molar-refractivity contribution is 7.17. The molecule has 0 aliphatic rings. The lowest BCUT2D eigenvalue weighted by Crippen LogP contribution is -2.27. The van der Waals surface area contributed by atoms with E-state index in [0.29, 0.717) is 0 Å². The zero-order valence-corrected chi connectivity index (χ0v) is 8.84. The summed E-state index contributed by atoms with van der Waals surface area (Å²) in [5.41, 5.74) is 0. The van der Waals surface area contributed by atoms with Crippen molar-refractivity contribution in [3.05, 3.63) is 5.01 Å². The molecular weight excluding hydrogens is 220 g/mol. The molecule has 15 heavy (non-hydrogen) atoms. The van der Waals surface area contributed by atoms with Crippen LogP contribution >= 0.6 is 11.3 Å². The number of hydrogen-bond donors (Lipinski definition) is 2. The summed E-state index contributed by atoms with van der Waals surface area (Å²) in [6.45, 7) is 2.53. The third-order valence-corrected chi connectivity index (χ3v) is 2.03. The van der Waals surface area contributed by atoms with Crippen LogP contribution in [0.1, 0.15) is 23.6 Å². The smallest absolute Gasteiger partial charge is 0.288 e. The molecule has 0 aliphatic heterocycles. The summed E-state index contributed by atoms with van der Waals surface area (Å²) in [5, 5.41) is 11.7. The molecule has 1 aromatic heterocycles. The topological polar surface area (TPSA) is 101 Å². The van der Waals surface area contributed by atoms with E-state index in [4.69, 9.17) is 0 Å². The zero-order chi connectivity index (χ0) is 11.4. The predicted molar refractivity (Wildman–Crippen MR) is 52.4 cm³/mol. The predicted octanol–water partition coefficient (Wildman–Crippen LogP) is -0.227. The first-order chi connectivity index (χ1) is 6.99. The van der Waals surface area contributed by atoms with E-state index in [1.807, 2.05) is 5.32 Å². The highest BCUT2D eigenvalue weighted by Crippen LogP contribution is 2.14. The fourth-order valence-corrected chi connectivity index (χ4v) is 1.41. The molecular formula is C7H8N4O3S. The standard InChI is InChI=1S/C7H8N4O3S/c1-3(12)8-5(14)6-10-11-7(15-6)9-4(2)13/h1-2H3,(H,8,12,14)(H,9,11,13). The van der Waals surface area contributed by atoms with Gasteiger partial charge in [0, 0.05) is 13.8 Å². The molecule has 7 nitrogen and oxygen atoms in total. The lowest BCUT2D eigenvalue weighted by atomic mass is 10.6. The number of rotatable bonds is 2. The summed E-state index contributed by atoms with van der Waals surface area (Å²) in [6, 6.07) is 0. The van der Waals surface area contributed by atoms with Crippen molar-refractivity contribution in [2.45, 2.75) is 13.8 Å². The maximum absolute atomic E-state index is 11.2. The van der Waals surface area contributed by atoms with Crippen LogP contribution < -0.4 is 10.6 Å². The van der Waals surface area contributed by atoms with E-state index >= 15 is 0 Å². The number of aromatic nitrogens is 2. The number of nitrogens with one attached hydrogen (secondary N) is 2. The molecule has 1 aromatic rings. The number of nitrogens with zero attached hydrogens (tertiary/aromatic N) is 2. The minimum Gasteiger partial charge on any atom is -0.301 e. The number of carbonyl (C=O) groups excluding carboxylic acids is 3. The molecule has 0 unspecified atom stereocenters. The van der Waals surface area contributed by atoms with E-state index in [-0.39, 0.29) is 16.0 Å². The van der Waals surface area contributed by atoms with Crippen LogP contribution in [0.3, 0.4) is 0 Å². The van der Waals surface area contributed by atoms with Crippen molar-refractivity contribution in [2.24, 2.45) is 0 Å². The number of carbonyl (C=O) groups is 3. The average Bonchev–Trinajstić information content (AvgIpc) is 2.50. The Morgan fingerprint density at radius 2 is 1.80 bits per heavy atom. The minimum absolute atomic E-state index is 0.0222. The summed E-state index contributed by atoms with van der Waals surface area (Å²) in [5.74, 6) is -1.41. The van der Waals surface area contributed by atoms with Gasteiger partial charge in [-0.2, -0.15) is 0 Å². The Bertz CT molecular complexity index is 414. The Kier molecular flexibility index (Phi) is 3.45. The van der Waals surface area contributed by atoms with Crippen LogP contribution in [-0.4, -0.2) is 27.9 Å². The van der Waals surface area contributed by atoms with Crippen LogP contribution in [0.2, 0.25) is 0 Å². The second kappa shape index (κ2) is 4.60. The largest absolute Gasteiger partial charge is 0.301 e. The van der Waals surface area contributed by atoms with Crippen LogP contribution in [-0.2, 0) is 9.59 Å². The van der Waals surface area contributed by atoms with Gasteiger partial charge in [-0.3, -0.25) is 19.7 Å². The molecule has 2 N–H and O–H groups in total. The first kappa shape index (κ1) is 11.2. The Hall–Kier alpha value is -1.83.